The molecule has 0 aliphatic rings. The van der Waals surface area contributed by atoms with Gasteiger partial charge in [-0.05, 0) is 26.0 Å². The van der Waals surface area contributed by atoms with E-state index in [1.54, 1.807) is 24.5 Å². The minimum absolute atomic E-state index is 0.425. The molecule has 15 heavy (non-hydrogen) atoms. The van der Waals surface area contributed by atoms with E-state index in [1.807, 2.05) is 13.8 Å². The molecular formula is C10H12N4O. The van der Waals surface area contributed by atoms with Crippen LogP contribution in [0, 0.1) is 0 Å². The van der Waals surface area contributed by atoms with E-state index in [-0.39, 0.29) is 0 Å². The fraction of sp³-hybridized carbons (Fsp3) is 0.300. The van der Waals surface area contributed by atoms with Gasteiger partial charge < -0.3 is 10.2 Å². The predicted octanol–water partition coefficient (Wildman–Crippen LogP) is 1.33. The van der Waals surface area contributed by atoms with Crippen LogP contribution in [0.3, 0.4) is 0 Å². The Labute approximate surface area is 87.3 Å². The van der Waals surface area contributed by atoms with Gasteiger partial charge in [-0.3, -0.25) is 4.98 Å². The Morgan fingerprint density at radius 3 is 2.40 bits per heavy atom. The number of nitrogens with zero attached hydrogens (tertiary/aromatic N) is 3. The maximum Gasteiger partial charge on any atom is 0.247 e. The summed E-state index contributed by atoms with van der Waals surface area (Å²) < 4.78 is 5.46. The van der Waals surface area contributed by atoms with Gasteiger partial charge in [0.1, 0.15) is 0 Å². The van der Waals surface area contributed by atoms with Gasteiger partial charge in [-0.1, -0.05) is 0 Å². The molecule has 0 spiro atoms. The van der Waals surface area contributed by atoms with Gasteiger partial charge in [0.05, 0.1) is 5.54 Å². The van der Waals surface area contributed by atoms with Crippen molar-refractivity contribution in [2.45, 2.75) is 19.4 Å². The van der Waals surface area contributed by atoms with E-state index in [4.69, 9.17) is 10.2 Å². The number of pyridine rings is 1. The van der Waals surface area contributed by atoms with E-state index in [2.05, 4.69) is 15.2 Å². The van der Waals surface area contributed by atoms with Gasteiger partial charge in [-0.15, -0.1) is 10.2 Å². The summed E-state index contributed by atoms with van der Waals surface area (Å²) in [6, 6.07) is 3.61. The zero-order chi connectivity index (χ0) is 10.9. The highest BCUT2D eigenvalue weighted by atomic mass is 16.4. The van der Waals surface area contributed by atoms with Gasteiger partial charge in [0.15, 0.2) is 0 Å². The van der Waals surface area contributed by atoms with Crippen molar-refractivity contribution in [3.63, 3.8) is 0 Å². The molecule has 2 aromatic heterocycles. The molecule has 0 aliphatic carbocycles. The summed E-state index contributed by atoms with van der Waals surface area (Å²) in [4.78, 5) is 3.91. The van der Waals surface area contributed by atoms with Gasteiger partial charge in [-0.2, -0.15) is 0 Å². The largest absolute Gasteiger partial charge is 0.419 e. The van der Waals surface area contributed by atoms with Crippen LogP contribution >= 0.6 is 0 Å². The van der Waals surface area contributed by atoms with E-state index in [0.29, 0.717) is 11.8 Å². The first-order chi connectivity index (χ1) is 7.07. The molecule has 0 aliphatic heterocycles. The Kier molecular flexibility index (Phi) is 2.24. The van der Waals surface area contributed by atoms with Crippen LogP contribution in [0.2, 0.25) is 0 Å². The highest BCUT2D eigenvalue weighted by Gasteiger charge is 2.22. The number of hydrogen-bond acceptors (Lipinski definition) is 5. The van der Waals surface area contributed by atoms with Crippen molar-refractivity contribution in [3.05, 3.63) is 30.4 Å². The SMILES string of the molecule is CC(C)(N)c1nnc(-c2ccncc2)o1. The Balaban J connectivity index is 2.37. The summed E-state index contributed by atoms with van der Waals surface area (Å²) in [5.41, 5.74) is 6.07. The van der Waals surface area contributed by atoms with Crippen molar-refractivity contribution in [2.24, 2.45) is 5.73 Å². The van der Waals surface area contributed by atoms with E-state index in [1.165, 1.54) is 0 Å². The summed E-state index contributed by atoms with van der Waals surface area (Å²) in [6.07, 6.45) is 3.35. The first-order valence-corrected chi connectivity index (χ1v) is 4.60. The van der Waals surface area contributed by atoms with E-state index < -0.39 is 5.54 Å². The minimum Gasteiger partial charge on any atom is -0.419 e. The molecule has 0 saturated carbocycles. The van der Waals surface area contributed by atoms with Crippen LogP contribution < -0.4 is 5.73 Å². The van der Waals surface area contributed by atoms with E-state index in [9.17, 15) is 0 Å². The van der Waals surface area contributed by atoms with Gasteiger partial charge in [0.25, 0.3) is 0 Å². The van der Waals surface area contributed by atoms with Crippen molar-refractivity contribution >= 4 is 0 Å². The molecular weight excluding hydrogens is 192 g/mol. The summed E-state index contributed by atoms with van der Waals surface area (Å²) in [5.74, 6) is 0.889. The number of nitrogens with two attached hydrogens (primary N) is 1. The Hall–Kier alpha value is -1.75. The van der Waals surface area contributed by atoms with Crippen LogP contribution in [0.15, 0.2) is 28.9 Å². The van der Waals surface area contributed by atoms with Crippen LogP contribution in [0.1, 0.15) is 19.7 Å². The second kappa shape index (κ2) is 3.43. The average Bonchev–Trinajstić information content (AvgIpc) is 2.67. The third-order valence-electron chi connectivity index (χ3n) is 1.90. The molecule has 2 N–H and O–H groups in total. The molecule has 2 aromatic rings. The maximum atomic E-state index is 5.84. The summed E-state index contributed by atoms with van der Waals surface area (Å²) >= 11 is 0. The maximum absolute atomic E-state index is 5.84. The van der Waals surface area contributed by atoms with Crippen LogP contribution in [0.5, 0.6) is 0 Å². The number of rotatable bonds is 2. The monoisotopic (exact) mass is 204 g/mol. The zero-order valence-electron chi connectivity index (χ0n) is 8.64. The normalized spacial score (nSPS) is 11.7. The lowest BCUT2D eigenvalue weighted by Gasteiger charge is -2.11. The molecule has 0 saturated heterocycles. The fourth-order valence-electron chi connectivity index (χ4n) is 1.09. The molecule has 0 aromatic carbocycles. The molecule has 0 atom stereocenters. The Bertz CT molecular complexity index is 444. The third kappa shape index (κ3) is 2.02. The minimum atomic E-state index is -0.613. The molecule has 0 amide bonds. The third-order valence-corrected chi connectivity index (χ3v) is 1.90. The topological polar surface area (TPSA) is 77.8 Å². The first kappa shape index (κ1) is 9.79. The lowest BCUT2D eigenvalue weighted by Crippen LogP contribution is -2.29. The van der Waals surface area contributed by atoms with Gasteiger partial charge in [0.2, 0.25) is 11.8 Å². The first-order valence-electron chi connectivity index (χ1n) is 4.60. The van der Waals surface area contributed by atoms with Crippen LogP contribution in [-0.4, -0.2) is 15.2 Å². The summed E-state index contributed by atoms with van der Waals surface area (Å²) in [7, 11) is 0. The lowest BCUT2D eigenvalue weighted by molar-refractivity contribution is 0.384. The molecule has 2 rings (SSSR count). The second-order valence-electron chi connectivity index (χ2n) is 3.87. The zero-order valence-corrected chi connectivity index (χ0v) is 8.64. The molecule has 2 heterocycles. The molecule has 0 bridgehead atoms. The second-order valence-corrected chi connectivity index (χ2v) is 3.87. The quantitative estimate of drug-likeness (QED) is 0.798. The molecule has 5 nitrogen and oxygen atoms in total. The highest BCUT2D eigenvalue weighted by Crippen LogP contribution is 2.21. The van der Waals surface area contributed by atoms with Crippen molar-refractivity contribution in [1.29, 1.82) is 0 Å². The Morgan fingerprint density at radius 2 is 1.87 bits per heavy atom. The summed E-state index contributed by atoms with van der Waals surface area (Å²) in [5, 5.41) is 7.83. The van der Waals surface area contributed by atoms with Crippen LogP contribution in [0.4, 0.5) is 0 Å². The summed E-state index contributed by atoms with van der Waals surface area (Å²) in [6.45, 7) is 3.63. The van der Waals surface area contributed by atoms with Crippen molar-refractivity contribution in [1.82, 2.24) is 15.2 Å². The molecule has 5 heteroatoms. The van der Waals surface area contributed by atoms with Crippen molar-refractivity contribution < 1.29 is 4.42 Å². The van der Waals surface area contributed by atoms with Crippen LogP contribution in [0.25, 0.3) is 11.5 Å². The standard InChI is InChI=1S/C10H12N4O/c1-10(2,11)9-14-13-8(15-9)7-3-5-12-6-4-7/h3-6H,11H2,1-2H3. The Morgan fingerprint density at radius 1 is 1.20 bits per heavy atom. The predicted molar refractivity (Wildman–Crippen MR) is 54.7 cm³/mol. The van der Waals surface area contributed by atoms with E-state index in [0.717, 1.165) is 5.56 Å². The van der Waals surface area contributed by atoms with Crippen molar-refractivity contribution in [3.8, 4) is 11.5 Å². The highest BCUT2D eigenvalue weighted by molar-refractivity contribution is 5.50. The average molecular weight is 204 g/mol. The lowest BCUT2D eigenvalue weighted by atomic mass is 10.1. The van der Waals surface area contributed by atoms with Gasteiger partial charge in [0, 0.05) is 18.0 Å². The molecule has 0 fully saturated rings. The fourth-order valence-corrected chi connectivity index (χ4v) is 1.09. The van der Waals surface area contributed by atoms with Gasteiger partial charge in [-0.25, -0.2) is 0 Å². The molecule has 0 unspecified atom stereocenters. The van der Waals surface area contributed by atoms with Crippen molar-refractivity contribution in [2.75, 3.05) is 0 Å². The van der Waals surface area contributed by atoms with Gasteiger partial charge >= 0.3 is 0 Å². The molecule has 78 valence electrons. The smallest absolute Gasteiger partial charge is 0.247 e. The molecule has 0 radical (unpaired) electrons. The van der Waals surface area contributed by atoms with E-state index >= 15 is 0 Å². The number of aromatic nitrogens is 3. The van der Waals surface area contributed by atoms with Crippen LogP contribution in [-0.2, 0) is 5.54 Å². The number of hydrogen-bond donors (Lipinski definition) is 1.